The molecule has 0 amide bonds. The van der Waals surface area contributed by atoms with Gasteiger partial charge in [-0.05, 0) is 42.8 Å². The van der Waals surface area contributed by atoms with Crippen LogP contribution in [0.25, 0.3) is 0 Å². The van der Waals surface area contributed by atoms with Crippen LogP contribution in [0, 0.1) is 0 Å². The molecule has 0 radical (unpaired) electrons. The van der Waals surface area contributed by atoms with Crippen LogP contribution in [0.2, 0.25) is 0 Å². The van der Waals surface area contributed by atoms with E-state index in [4.69, 9.17) is 10.7 Å². The molecule has 5 rings (SSSR count). The molecule has 1 aromatic carbocycles. The van der Waals surface area contributed by atoms with Crippen LogP contribution in [0.15, 0.2) is 47.2 Å². The highest BCUT2D eigenvalue weighted by Gasteiger charge is 2.26. The molecule has 4 aliphatic heterocycles. The number of fused-ring (bicyclic) bond motifs is 1. The van der Waals surface area contributed by atoms with Crippen molar-refractivity contribution in [2.75, 3.05) is 64.3 Å². The van der Waals surface area contributed by atoms with Crippen molar-refractivity contribution in [3.05, 3.63) is 53.4 Å². The van der Waals surface area contributed by atoms with E-state index < -0.39 is 0 Å². The Labute approximate surface area is 185 Å². The highest BCUT2D eigenvalue weighted by Crippen LogP contribution is 2.28. The van der Waals surface area contributed by atoms with Crippen LogP contribution in [-0.2, 0) is 13.0 Å². The summed E-state index contributed by atoms with van der Waals surface area (Å²) >= 11 is 0. The molecule has 7 nitrogen and oxygen atoms in total. The van der Waals surface area contributed by atoms with Gasteiger partial charge in [0, 0.05) is 82.4 Å². The number of nitrogens with two attached hydrogens (primary N) is 1. The third kappa shape index (κ3) is 4.35. The van der Waals surface area contributed by atoms with E-state index in [-0.39, 0.29) is 6.17 Å². The van der Waals surface area contributed by atoms with Crippen molar-refractivity contribution < 1.29 is 0 Å². The third-order valence-electron chi connectivity index (χ3n) is 6.98. The van der Waals surface area contributed by atoms with Gasteiger partial charge in [0.15, 0.2) is 0 Å². The van der Waals surface area contributed by atoms with E-state index in [9.17, 15) is 0 Å². The lowest BCUT2D eigenvalue weighted by molar-refractivity contribution is 0.180. The van der Waals surface area contributed by atoms with Crippen LogP contribution in [0.4, 0.5) is 5.69 Å². The molecular weight excluding hydrogens is 386 g/mol. The van der Waals surface area contributed by atoms with Gasteiger partial charge in [-0.2, -0.15) is 0 Å². The summed E-state index contributed by atoms with van der Waals surface area (Å²) in [6, 6.07) is 6.91. The minimum Gasteiger partial charge on any atom is -0.372 e. The first-order valence-electron chi connectivity index (χ1n) is 11.6. The van der Waals surface area contributed by atoms with E-state index in [1.807, 2.05) is 0 Å². The molecule has 166 valence electrons. The number of nitrogens with one attached hydrogen (secondary N) is 1. The van der Waals surface area contributed by atoms with Crippen LogP contribution in [-0.4, -0.2) is 86.1 Å². The van der Waals surface area contributed by atoms with Gasteiger partial charge in [0.1, 0.15) is 12.0 Å². The quantitative estimate of drug-likeness (QED) is 0.748. The molecular formula is C24H35N7. The van der Waals surface area contributed by atoms with Crippen molar-refractivity contribution in [3.8, 4) is 0 Å². The molecule has 3 N–H and O–H groups in total. The van der Waals surface area contributed by atoms with Crippen molar-refractivity contribution in [1.82, 2.24) is 20.0 Å². The van der Waals surface area contributed by atoms with Gasteiger partial charge in [-0.1, -0.05) is 12.6 Å². The zero-order valence-corrected chi connectivity index (χ0v) is 18.7. The van der Waals surface area contributed by atoms with E-state index in [1.54, 1.807) is 0 Å². The number of piperazine rings is 2. The molecule has 7 heteroatoms. The smallest absolute Gasteiger partial charge is 0.127 e. The summed E-state index contributed by atoms with van der Waals surface area (Å²) in [4.78, 5) is 14.5. The molecule has 0 aliphatic carbocycles. The largest absolute Gasteiger partial charge is 0.372 e. The van der Waals surface area contributed by atoms with Crippen LogP contribution in [0.5, 0.6) is 0 Å². The highest BCUT2D eigenvalue weighted by atomic mass is 15.3. The van der Waals surface area contributed by atoms with Crippen molar-refractivity contribution in [2.24, 2.45) is 10.7 Å². The lowest BCUT2D eigenvalue weighted by Gasteiger charge is -2.39. The Kier molecular flexibility index (Phi) is 5.73. The van der Waals surface area contributed by atoms with E-state index in [0.717, 1.165) is 83.3 Å². The van der Waals surface area contributed by atoms with Crippen molar-refractivity contribution in [1.29, 1.82) is 0 Å². The second-order valence-electron chi connectivity index (χ2n) is 9.20. The van der Waals surface area contributed by atoms with Gasteiger partial charge in [0.05, 0.1) is 0 Å². The molecule has 2 saturated heterocycles. The molecule has 2 fully saturated rings. The summed E-state index contributed by atoms with van der Waals surface area (Å²) in [6.07, 6.45) is 4.03. The average Bonchev–Trinajstić information content (AvgIpc) is 2.79. The standard InChI is InChI=1S/C24H35N7/c1-18-16-26-6-8-31(18)21-4-3-19-5-7-30(17-20(19)13-21)24-15-22(14-23(25)27-24)29-11-9-28(2)10-12-29/h3-4,13,15,23,26H,1,5-12,14,16-17,25H2,2H3. The molecule has 1 atom stereocenters. The van der Waals surface area contributed by atoms with Crippen molar-refractivity contribution in [3.63, 3.8) is 0 Å². The molecule has 0 saturated carbocycles. The first-order valence-corrected chi connectivity index (χ1v) is 11.6. The van der Waals surface area contributed by atoms with Crippen LogP contribution in [0.1, 0.15) is 17.5 Å². The number of benzene rings is 1. The van der Waals surface area contributed by atoms with Gasteiger partial charge < -0.3 is 30.7 Å². The molecule has 0 spiro atoms. The number of hydrogen-bond donors (Lipinski definition) is 2. The zero-order chi connectivity index (χ0) is 21.4. The first kappa shape index (κ1) is 20.5. The Morgan fingerprint density at radius 1 is 1.06 bits per heavy atom. The fraction of sp³-hybridized carbons (Fsp3) is 0.542. The lowest BCUT2D eigenvalue weighted by Crippen LogP contribution is -2.46. The Hall–Kier alpha value is -2.35. The minimum atomic E-state index is -0.147. The van der Waals surface area contributed by atoms with Gasteiger partial charge in [-0.15, -0.1) is 0 Å². The maximum absolute atomic E-state index is 6.37. The Balaban J connectivity index is 1.34. The fourth-order valence-corrected chi connectivity index (χ4v) is 5.06. The van der Waals surface area contributed by atoms with Gasteiger partial charge in [0.25, 0.3) is 0 Å². The van der Waals surface area contributed by atoms with Crippen LogP contribution in [0.3, 0.4) is 0 Å². The Morgan fingerprint density at radius 3 is 2.71 bits per heavy atom. The zero-order valence-electron chi connectivity index (χ0n) is 18.7. The van der Waals surface area contributed by atoms with E-state index in [1.165, 1.54) is 22.5 Å². The Morgan fingerprint density at radius 2 is 1.90 bits per heavy atom. The summed E-state index contributed by atoms with van der Waals surface area (Å²) in [5, 5.41) is 3.39. The molecule has 4 aliphatic rings. The number of dihydropyridines is 1. The summed E-state index contributed by atoms with van der Waals surface area (Å²) < 4.78 is 0. The van der Waals surface area contributed by atoms with Crippen LogP contribution >= 0.6 is 0 Å². The molecule has 31 heavy (non-hydrogen) atoms. The number of rotatable bonds is 2. The summed E-state index contributed by atoms with van der Waals surface area (Å²) in [6.45, 7) is 13.3. The van der Waals surface area contributed by atoms with Crippen molar-refractivity contribution in [2.45, 2.75) is 25.6 Å². The highest BCUT2D eigenvalue weighted by molar-refractivity contribution is 5.94. The second kappa shape index (κ2) is 8.65. The lowest BCUT2D eigenvalue weighted by atomic mass is 9.98. The molecule has 1 aromatic rings. The predicted octanol–water partition coefficient (Wildman–Crippen LogP) is 1.19. The normalized spacial score (nSPS) is 25.3. The minimum absolute atomic E-state index is 0.147. The number of likely N-dealkylation sites (N-methyl/N-ethyl adjacent to an activating group) is 1. The number of nitrogens with zero attached hydrogens (tertiary/aromatic N) is 5. The number of anilines is 1. The monoisotopic (exact) mass is 421 g/mol. The molecule has 0 aromatic heterocycles. The van der Waals surface area contributed by atoms with E-state index in [0.29, 0.717) is 0 Å². The van der Waals surface area contributed by atoms with E-state index in [2.05, 4.69) is 62.8 Å². The van der Waals surface area contributed by atoms with Gasteiger partial charge >= 0.3 is 0 Å². The van der Waals surface area contributed by atoms with Gasteiger partial charge in [0.2, 0.25) is 0 Å². The average molecular weight is 422 g/mol. The first-order chi connectivity index (χ1) is 15.1. The predicted molar refractivity (Wildman–Crippen MR) is 127 cm³/mol. The Bertz CT molecular complexity index is 897. The molecule has 1 unspecified atom stereocenters. The van der Waals surface area contributed by atoms with Gasteiger partial charge in [-0.25, -0.2) is 4.99 Å². The number of amidine groups is 1. The topological polar surface area (TPSA) is 63.4 Å². The second-order valence-corrected chi connectivity index (χ2v) is 9.20. The summed E-state index contributed by atoms with van der Waals surface area (Å²) in [5.74, 6) is 1.05. The van der Waals surface area contributed by atoms with E-state index >= 15 is 0 Å². The van der Waals surface area contributed by atoms with Crippen molar-refractivity contribution >= 4 is 11.5 Å². The molecule has 4 heterocycles. The number of aliphatic imine (C=N–C) groups is 1. The molecule has 0 bridgehead atoms. The maximum Gasteiger partial charge on any atom is 0.127 e. The number of hydrogen-bond acceptors (Lipinski definition) is 7. The van der Waals surface area contributed by atoms with Gasteiger partial charge in [-0.3, -0.25) is 0 Å². The maximum atomic E-state index is 6.37. The third-order valence-corrected chi connectivity index (χ3v) is 6.98. The summed E-state index contributed by atoms with van der Waals surface area (Å²) in [5.41, 5.74) is 13.0. The summed E-state index contributed by atoms with van der Waals surface area (Å²) in [7, 11) is 2.19. The SMILES string of the molecule is C=C1CNCCN1c1ccc2c(c1)CN(C1=NC(N)CC(N3CCN(C)CC3)=C1)CC2. The van der Waals surface area contributed by atoms with Crippen LogP contribution < -0.4 is 16.0 Å². The fourth-order valence-electron chi connectivity index (χ4n) is 5.06.